The molecule has 0 radical (unpaired) electrons. The summed E-state index contributed by atoms with van der Waals surface area (Å²) < 4.78 is 25.6. The van der Waals surface area contributed by atoms with Crippen molar-refractivity contribution in [3.63, 3.8) is 0 Å². The van der Waals surface area contributed by atoms with Gasteiger partial charge in [-0.15, -0.1) is 0 Å². The third-order valence-corrected chi connectivity index (χ3v) is 5.60. The molecule has 6 heteroatoms. The van der Waals surface area contributed by atoms with Crippen LogP contribution < -0.4 is 23.7 Å². The van der Waals surface area contributed by atoms with Crippen molar-refractivity contribution in [2.45, 2.75) is 13.8 Å². The fourth-order valence-corrected chi connectivity index (χ4v) is 3.52. The largest absolute Gasteiger partial charge is 0.508 e. The van der Waals surface area contributed by atoms with Crippen LogP contribution in [-0.4, -0.2) is 33.5 Å². The zero-order valence-corrected chi connectivity index (χ0v) is 25.1. The van der Waals surface area contributed by atoms with Crippen LogP contribution in [0.5, 0.6) is 40.2 Å². The molecule has 0 heterocycles. The normalized spacial score (nSPS) is 9.29. The number of benzene rings is 5. The van der Waals surface area contributed by atoms with Gasteiger partial charge in [0.1, 0.15) is 28.7 Å². The minimum Gasteiger partial charge on any atom is -0.508 e. The maximum atomic E-state index is 9.21. The van der Waals surface area contributed by atoms with E-state index >= 15 is 0 Å². The van der Waals surface area contributed by atoms with E-state index in [2.05, 4.69) is 0 Å². The summed E-state index contributed by atoms with van der Waals surface area (Å²) in [4.78, 5) is 0. The molecule has 42 heavy (non-hydrogen) atoms. The van der Waals surface area contributed by atoms with Gasteiger partial charge in [-0.25, -0.2) is 0 Å². The number of phenolic OH excluding ortho intramolecular Hbond substituents is 1. The first-order chi connectivity index (χ1) is 20.4. The summed E-state index contributed by atoms with van der Waals surface area (Å²) in [5.74, 6) is 5.04. The molecule has 5 aromatic rings. The van der Waals surface area contributed by atoms with Crippen LogP contribution >= 0.6 is 0 Å². The molecule has 0 bridgehead atoms. The Hall–Kier alpha value is -5.10. The smallest absolute Gasteiger partial charge is 0.163 e. The van der Waals surface area contributed by atoms with Crippen LogP contribution in [0.25, 0.3) is 0 Å². The van der Waals surface area contributed by atoms with E-state index in [0.29, 0.717) is 5.75 Å². The van der Waals surface area contributed by atoms with Crippen LogP contribution in [0.2, 0.25) is 0 Å². The lowest BCUT2D eigenvalue weighted by Crippen LogP contribution is -1.91. The number of methoxy groups -OCH3 is 4. The summed E-state index contributed by atoms with van der Waals surface area (Å²) in [6.07, 6.45) is 0. The Kier molecular flexibility index (Phi) is 15.0. The van der Waals surface area contributed by atoms with Crippen molar-refractivity contribution < 1.29 is 28.8 Å². The van der Waals surface area contributed by atoms with E-state index in [0.717, 1.165) is 34.3 Å². The van der Waals surface area contributed by atoms with Crippen LogP contribution in [0.4, 0.5) is 0 Å². The van der Waals surface area contributed by atoms with E-state index in [1.807, 2.05) is 117 Å². The Morgan fingerprint density at radius 2 is 1.00 bits per heavy atom. The summed E-state index contributed by atoms with van der Waals surface area (Å²) >= 11 is 0. The molecule has 0 spiro atoms. The molecular formula is C36H40O6. The van der Waals surface area contributed by atoms with Gasteiger partial charge in [0, 0.05) is 6.07 Å². The van der Waals surface area contributed by atoms with E-state index in [1.165, 1.54) is 5.56 Å². The van der Waals surface area contributed by atoms with Crippen LogP contribution in [0.15, 0.2) is 127 Å². The summed E-state index contributed by atoms with van der Waals surface area (Å²) in [5, 5.41) is 9.21. The zero-order valence-electron chi connectivity index (χ0n) is 25.1. The molecule has 0 aliphatic heterocycles. The zero-order chi connectivity index (χ0) is 30.6. The standard InChI is InChI=1S/C12H10O2.C9H12O2.C8H10O.C7H8O/c13-10-5-4-8-12(9-10)14-11-6-2-1-3-7-11;1-7-5-4-6-8(10-2)9(7)11-3;1-7-4-3-5-8(6-7)9-2;1-8-7-5-3-2-4-6-7/h1-9,13H;4-6H,1-3H3;3-6H,1-2H3;2-6H,1H3. The minimum atomic E-state index is 0.207. The van der Waals surface area contributed by atoms with Gasteiger partial charge in [-0.3, -0.25) is 0 Å². The summed E-state index contributed by atoms with van der Waals surface area (Å²) in [5.41, 5.74) is 2.32. The van der Waals surface area contributed by atoms with Crippen molar-refractivity contribution in [1.29, 1.82) is 0 Å². The number of ether oxygens (including phenoxy) is 5. The monoisotopic (exact) mass is 568 g/mol. The van der Waals surface area contributed by atoms with E-state index in [1.54, 1.807) is 52.7 Å². The molecule has 6 nitrogen and oxygen atoms in total. The fraction of sp³-hybridized carbons (Fsp3) is 0.167. The molecule has 0 amide bonds. The molecule has 0 unspecified atom stereocenters. The van der Waals surface area contributed by atoms with Gasteiger partial charge in [-0.1, -0.05) is 66.7 Å². The molecule has 0 fully saturated rings. The van der Waals surface area contributed by atoms with Gasteiger partial charge in [0.15, 0.2) is 11.5 Å². The number of aromatic hydroxyl groups is 1. The molecule has 220 valence electrons. The van der Waals surface area contributed by atoms with E-state index < -0.39 is 0 Å². The average molecular weight is 569 g/mol. The molecule has 0 atom stereocenters. The molecular weight excluding hydrogens is 528 g/mol. The lowest BCUT2D eigenvalue weighted by Gasteiger charge is -2.08. The van der Waals surface area contributed by atoms with Crippen molar-refractivity contribution in [2.75, 3.05) is 28.4 Å². The van der Waals surface area contributed by atoms with Crippen molar-refractivity contribution in [3.05, 3.63) is 139 Å². The summed E-state index contributed by atoms with van der Waals surface area (Å²) in [6, 6.07) is 39.6. The molecule has 0 aromatic heterocycles. The second-order valence-corrected chi connectivity index (χ2v) is 8.76. The first kappa shape index (κ1) is 33.1. The Balaban J connectivity index is 0.000000200. The van der Waals surface area contributed by atoms with Crippen LogP contribution in [0.1, 0.15) is 11.1 Å². The number of aryl methyl sites for hydroxylation is 2. The molecule has 5 rings (SSSR count). The average Bonchev–Trinajstić information content (AvgIpc) is 3.03. The third-order valence-electron chi connectivity index (χ3n) is 5.60. The lowest BCUT2D eigenvalue weighted by molar-refractivity contribution is 0.353. The van der Waals surface area contributed by atoms with Crippen molar-refractivity contribution >= 4 is 0 Å². The fourth-order valence-electron chi connectivity index (χ4n) is 3.52. The van der Waals surface area contributed by atoms with Gasteiger partial charge >= 0.3 is 0 Å². The maximum absolute atomic E-state index is 9.21. The van der Waals surface area contributed by atoms with E-state index in [9.17, 15) is 5.11 Å². The Bertz CT molecular complexity index is 1420. The van der Waals surface area contributed by atoms with Crippen LogP contribution in [-0.2, 0) is 0 Å². The number of phenols is 1. The third kappa shape index (κ3) is 12.4. The number of hydrogen-bond donors (Lipinski definition) is 1. The minimum absolute atomic E-state index is 0.207. The van der Waals surface area contributed by atoms with Gasteiger partial charge in [-0.2, -0.15) is 0 Å². The Morgan fingerprint density at radius 1 is 0.452 bits per heavy atom. The topological polar surface area (TPSA) is 66.4 Å². The number of para-hydroxylation sites is 3. The van der Waals surface area contributed by atoms with Crippen LogP contribution in [0, 0.1) is 13.8 Å². The number of hydrogen-bond acceptors (Lipinski definition) is 6. The van der Waals surface area contributed by atoms with Gasteiger partial charge in [-0.05, 0) is 79.6 Å². The second-order valence-electron chi connectivity index (χ2n) is 8.76. The van der Waals surface area contributed by atoms with Gasteiger partial charge in [0.25, 0.3) is 0 Å². The Labute approximate surface area is 249 Å². The van der Waals surface area contributed by atoms with Crippen molar-refractivity contribution in [2.24, 2.45) is 0 Å². The predicted octanol–water partition coefficient (Wildman–Crippen LogP) is 8.90. The lowest BCUT2D eigenvalue weighted by atomic mass is 10.2. The van der Waals surface area contributed by atoms with Crippen molar-refractivity contribution in [1.82, 2.24) is 0 Å². The maximum Gasteiger partial charge on any atom is 0.163 e. The highest BCUT2D eigenvalue weighted by Gasteiger charge is 2.03. The van der Waals surface area contributed by atoms with Crippen LogP contribution in [0.3, 0.4) is 0 Å². The van der Waals surface area contributed by atoms with E-state index in [-0.39, 0.29) is 5.75 Å². The molecule has 0 saturated carbocycles. The van der Waals surface area contributed by atoms with Gasteiger partial charge in [0.05, 0.1) is 28.4 Å². The molecule has 0 saturated heterocycles. The first-order valence-corrected chi connectivity index (χ1v) is 13.3. The SMILES string of the molecule is COc1cccc(C)c1.COc1cccc(C)c1OC.COc1ccccc1.Oc1cccc(Oc2ccccc2)c1. The molecule has 0 aliphatic carbocycles. The van der Waals surface area contributed by atoms with Crippen molar-refractivity contribution in [3.8, 4) is 40.2 Å². The highest BCUT2D eigenvalue weighted by molar-refractivity contribution is 5.45. The Morgan fingerprint density at radius 3 is 1.48 bits per heavy atom. The van der Waals surface area contributed by atoms with E-state index in [4.69, 9.17) is 23.7 Å². The first-order valence-electron chi connectivity index (χ1n) is 13.3. The molecule has 1 N–H and O–H groups in total. The highest BCUT2D eigenvalue weighted by atomic mass is 16.5. The second kappa shape index (κ2) is 19.1. The number of rotatable bonds is 6. The predicted molar refractivity (Wildman–Crippen MR) is 170 cm³/mol. The molecule has 0 aliphatic rings. The van der Waals surface area contributed by atoms with Gasteiger partial charge in [0.2, 0.25) is 0 Å². The summed E-state index contributed by atoms with van der Waals surface area (Å²) in [6.45, 7) is 4.03. The quantitative estimate of drug-likeness (QED) is 0.221. The summed E-state index contributed by atoms with van der Waals surface area (Å²) in [7, 11) is 6.62. The van der Waals surface area contributed by atoms with Gasteiger partial charge < -0.3 is 28.8 Å². The highest BCUT2D eigenvalue weighted by Crippen LogP contribution is 2.29. The molecule has 5 aromatic carbocycles.